The predicted octanol–water partition coefficient (Wildman–Crippen LogP) is 0.502. The molecule has 4 N–H and O–H groups in total. The fourth-order valence-electron chi connectivity index (χ4n) is 2.49. The number of ether oxygens (including phenoxy) is 2. The molecule has 1 unspecified atom stereocenters. The Kier molecular flexibility index (Phi) is 3.29. The molecule has 1 aliphatic heterocycles. The Morgan fingerprint density at radius 2 is 1.74 bits per heavy atom. The van der Waals surface area contributed by atoms with E-state index in [1.165, 1.54) is 37.4 Å². The molecule has 23 heavy (non-hydrogen) atoms. The lowest BCUT2D eigenvalue weighted by atomic mass is 9.86. The van der Waals surface area contributed by atoms with Gasteiger partial charge in [0, 0.05) is 17.7 Å². The SMILES string of the molecule is COc1cc(O)c2c(c1)OC(O)(c1ccccc1)C(O)(O)C2=O. The van der Waals surface area contributed by atoms with Crippen LogP contribution in [0.3, 0.4) is 0 Å². The highest BCUT2D eigenvalue weighted by Gasteiger charge is 2.62. The first kappa shape index (κ1) is 15.3. The molecule has 0 radical (unpaired) electrons. The molecule has 0 fully saturated rings. The lowest BCUT2D eigenvalue weighted by Crippen LogP contribution is -2.62. The van der Waals surface area contributed by atoms with Gasteiger partial charge in [0.25, 0.3) is 5.79 Å². The van der Waals surface area contributed by atoms with Crippen molar-refractivity contribution in [2.75, 3.05) is 7.11 Å². The topological polar surface area (TPSA) is 116 Å². The molecule has 1 aliphatic rings. The number of methoxy groups -OCH3 is 1. The number of aromatic hydroxyl groups is 1. The number of rotatable bonds is 2. The van der Waals surface area contributed by atoms with Gasteiger partial charge < -0.3 is 29.9 Å². The average molecular weight is 318 g/mol. The second-order valence-corrected chi connectivity index (χ2v) is 5.13. The molecule has 0 aromatic heterocycles. The average Bonchev–Trinajstić information content (AvgIpc) is 2.53. The zero-order valence-electron chi connectivity index (χ0n) is 12.1. The number of ketones is 1. The van der Waals surface area contributed by atoms with Crippen molar-refractivity contribution in [1.29, 1.82) is 0 Å². The van der Waals surface area contributed by atoms with E-state index in [0.29, 0.717) is 0 Å². The molecule has 0 saturated carbocycles. The van der Waals surface area contributed by atoms with E-state index in [2.05, 4.69) is 0 Å². The molecule has 7 nitrogen and oxygen atoms in total. The summed E-state index contributed by atoms with van der Waals surface area (Å²) >= 11 is 0. The minimum Gasteiger partial charge on any atom is -0.507 e. The largest absolute Gasteiger partial charge is 0.507 e. The lowest BCUT2D eigenvalue weighted by Gasteiger charge is -2.42. The summed E-state index contributed by atoms with van der Waals surface area (Å²) in [5, 5.41) is 41.0. The van der Waals surface area contributed by atoms with Crippen LogP contribution in [0, 0.1) is 0 Å². The fraction of sp³-hybridized carbons (Fsp3) is 0.188. The summed E-state index contributed by atoms with van der Waals surface area (Å²) in [4.78, 5) is 12.4. The molecule has 0 bridgehead atoms. The maximum Gasteiger partial charge on any atom is 0.301 e. The van der Waals surface area contributed by atoms with Crippen LogP contribution in [0.25, 0.3) is 0 Å². The van der Waals surface area contributed by atoms with Gasteiger partial charge in [-0.2, -0.15) is 0 Å². The standard InChI is InChI=1S/C16H14O7/c1-22-10-7-11(17)13-12(8-10)23-16(21,15(19,20)14(13)18)9-5-3-2-4-6-9/h2-8,17,19-21H,1H3. The Morgan fingerprint density at radius 1 is 1.09 bits per heavy atom. The van der Waals surface area contributed by atoms with Crippen LogP contribution in [-0.2, 0) is 5.79 Å². The molecule has 120 valence electrons. The monoisotopic (exact) mass is 318 g/mol. The van der Waals surface area contributed by atoms with E-state index in [1.54, 1.807) is 6.07 Å². The summed E-state index contributed by atoms with van der Waals surface area (Å²) in [5.74, 6) is -7.91. The second kappa shape index (κ2) is 4.95. The minimum atomic E-state index is -3.28. The van der Waals surface area contributed by atoms with Crippen molar-refractivity contribution in [2.24, 2.45) is 0 Å². The maximum atomic E-state index is 12.4. The number of phenolic OH excluding ortho intramolecular Hbond substituents is 1. The highest BCUT2D eigenvalue weighted by Crippen LogP contribution is 2.47. The van der Waals surface area contributed by atoms with E-state index in [4.69, 9.17) is 9.47 Å². The molecule has 1 heterocycles. The second-order valence-electron chi connectivity index (χ2n) is 5.13. The number of aliphatic hydroxyl groups is 3. The van der Waals surface area contributed by atoms with E-state index in [9.17, 15) is 25.2 Å². The van der Waals surface area contributed by atoms with Crippen molar-refractivity contribution in [3.63, 3.8) is 0 Å². The number of Topliss-reactive ketones (excluding diaryl/α,β-unsaturated/α-hetero) is 1. The number of hydrogen-bond acceptors (Lipinski definition) is 7. The van der Waals surface area contributed by atoms with Crippen molar-refractivity contribution >= 4 is 5.78 Å². The van der Waals surface area contributed by atoms with Crippen LogP contribution in [0.5, 0.6) is 17.2 Å². The van der Waals surface area contributed by atoms with E-state index >= 15 is 0 Å². The number of carbonyl (C=O) groups excluding carboxylic acids is 1. The van der Waals surface area contributed by atoms with E-state index in [1.807, 2.05) is 0 Å². The lowest BCUT2D eigenvalue weighted by molar-refractivity contribution is -0.328. The molecule has 1 atom stereocenters. The summed E-state index contributed by atoms with van der Waals surface area (Å²) in [6, 6.07) is 9.86. The van der Waals surface area contributed by atoms with Crippen molar-refractivity contribution in [3.8, 4) is 17.2 Å². The van der Waals surface area contributed by atoms with Crippen LogP contribution in [-0.4, -0.2) is 39.1 Å². The van der Waals surface area contributed by atoms with Crippen LogP contribution in [0.1, 0.15) is 15.9 Å². The molecule has 0 aliphatic carbocycles. The summed E-state index contributed by atoms with van der Waals surface area (Å²) in [6.07, 6.45) is 0. The molecular formula is C16H14O7. The summed E-state index contributed by atoms with van der Waals surface area (Å²) < 4.78 is 10.3. The Hall–Kier alpha value is -2.61. The van der Waals surface area contributed by atoms with Gasteiger partial charge in [0.15, 0.2) is 0 Å². The maximum absolute atomic E-state index is 12.4. The molecule has 0 saturated heterocycles. The third-order valence-corrected chi connectivity index (χ3v) is 3.73. The Bertz CT molecular complexity index is 769. The van der Waals surface area contributed by atoms with Gasteiger partial charge in [0.2, 0.25) is 5.78 Å². The summed E-state index contributed by atoms with van der Waals surface area (Å²) in [5.41, 5.74) is -0.484. The molecule has 7 heteroatoms. The van der Waals surface area contributed by atoms with Crippen LogP contribution in [0.15, 0.2) is 42.5 Å². The van der Waals surface area contributed by atoms with Gasteiger partial charge in [-0.05, 0) is 0 Å². The van der Waals surface area contributed by atoms with Gasteiger partial charge >= 0.3 is 5.79 Å². The highest BCUT2D eigenvalue weighted by molar-refractivity contribution is 6.07. The third kappa shape index (κ3) is 2.06. The molecule has 2 aromatic rings. The number of phenols is 1. The highest BCUT2D eigenvalue weighted by atomic mass is 16.7. The first-order valence-corrected chi connectivity index (χ1v) is 6.68. The Labute approximate surface area is 131 Å². The summed E-state index contributed by atoms with van der Waals surface area (Å²) in [6.45, 7) is 0. The van der Waals surface area contributed by atoms with Crippen LogP contribution < -0.4 is 9.47 Å². The molecule has 3 rings (SSSR count). The van der Waals surface area contributed by atoms with E-state index in [0.717, 1.165) is 6.07 Å². The van der Waals surface area contributed by atoms with Crippen LogP contribution in [0.4, 0.5) is 0 Å². The van der Waals surface area contributed by atoms with Gasteiger partial charge in [0.1, 0.15) is 22.8 Å². The van der Waals surface area contributed by atoms with Gasteiger partial charge in [-0.15, -0.1) is 0 Å². The molecule has 2 aromatic carbocycles. The molecule has 0 spiro atoms. The van der Waals surface area contributed by atoms with Crippen molar-refractivity contribution < 1.29 is 34.7 Å². The Morgan fingerprint density at radius 3 is 2.35 bits per heavy atom. The first-order valence-electron chi connectivity index (χ1n) is 6.68. The van der Waals surface area contributed by atoms with E-state index in [-0.39, 0.29) is 17.1 Å². The van der Waals surface area contributed by atoms with Crippen molar-refractivity contribution in [2.45, 2.75) is 11.6 Å². The van der Waals surface area contributed by atoms with Crippen molar-refractivity contribution in [3.05, 3.63) is 53.6 Å². The molecule has 0 amide bonds. The smallest absolute Gasteiger partial charge is 0.301 e. The van der Waals surface area contributed by atoms with Crippen molar-refractivity contribution in [1.82, 2.24) is 0 Å². The number of fused-ring (bicyclic) bond motifs is 1. The van der Waals surface area contributed by atoms with Gasteiger partial charge in [-0.3, -0.25) is 4.79 Å². The fourth-order valence-corrected chi connectivity index (χ4v) is 2.49. The van der Waals surface area contributed by atoms with Crippen LogP contribution in [0.2, 0.25) is 0 Å². The third-order valence-electron chi connectivity index (χ3n) is 3.73. The van der Waals surface area contributed by atoms with Gasteiger partial charge in [0.05, 0.1) is 7.11 Å². The normalized spacial score (nSPS) is 22.2. The Balaban J connectivity index is 2.24. The van der Waals surface area contributed by atoms with E-state index < -0.39 is 28.7 Å². The summed E-state index contributed by atoms with van der Waals surface area (Å²) in [7, 11) is 1.34. The number of hydrogen-bond donors (Lipinski definition) is 4. The minimum absolute atomic E-state index is 0.0358. The number of benzene rings is 2. The first-order chi connectivity index (χ1) is 10.8. The number of carbonyl (C=O) groups is 1. The predicted molar refractivity (Wildman–Crippen MR) is 77.1 cm³/mol. The van der Waals surface area contributed by atoms with Gasteiger partial charge in [-0.1, -0.05) is 30.3 Å². The quantitative estimate of drug-likeness (QED) is 0.596. The van der Waals surface area contributed by atoms with Gasteiger partial charge in [-0.25, -0.2) is 0 Å². The zero-order valence-corrected chi connectivity index (χ0v) is 12.1. The zero-order chi connectivity index (χ0) is 16.8. The molecular weight excluding hydrogens is 304 g/mol. The van der Waals surface area contributed by atoms with Crippen LogP contribution >= 0.6 is 0 Å².